The van der Waals surface area contributed by atoms with Gasteiger partial charge in [0.2, 0.25) is 29.5 Å². The number of nitrogens with two attached hydrogens (primary N) is 1. The molecule has 0 spiro atoms. The highest BCUT2D eigenvalue weighted by molar-refractivity contribution is 7.80. The van der Waals surface area contributed by atoms with E-state index in [1.165, 1.54) is 55.5 Å². The number of aromatic hydroxyl groups is 3. The maximum atomic E-state index is 15.6. The van der Waals surface area contributed by atoms with Gasteiger partial charge < -0.3 is 62.2 Å². The molecule has 22 heteroatoms. The number of carbonyl (C=O) groups excluding carboxylic acids is 8. The summed E-state index contributed by atoms with van der Waals surface area (Å²) in [5, 5.41) is 59.2. The molecule has 5 amide bonds. The van der Waals surface area contributed by atoms with Gasteiger partial charge in [-0.2, -0.15) is 0 Å². The molecule has 11 bridgehead atoms. The molecule has 0 radical (unpaired) electrons. The fourth-order valence-electron chi connectivity index (χ4n) is 10.2. The second-order valence-electron chi connectivity index (χ2n) is 20.5. The number of carbonyl (C=O) groups is 8. The Labute approximate surface area is 464 Å². The number of halogens is 1. The van der Waals surface area contributed by atoms with Crippen LogP contribution >= 0.6 is 24.2 Å². The van der Waals surface area contributed by atoms with Gasteiger partial charge in [-0.1, -0.05) is 56.6 Å². The molecule has 0 aliphatic carbocycles. The highest BCUT2D eigenvalue weighted by Gasteiger charge is 2.41. The third kappa shape index (κ3) is 12.3. The molecule has 0 aromatic heterocycles. The Morgan fingerprint density at radius 3 is 2.09 bits per heavy atom. The molecule has 0 saturated heterocycles. The molecule has 10 rings (SSSR count). The quantitative estimate of drug-likeness (QED) is 0.0809. The van der Waals surface area contributed by atoms with Gasteiger partial charge in [0, 0.05) is 42.4 Å². The van der Waals surface area contributed by atoms with E-state index in [1.807, 2.05) is 13.8 Å². The number of ether oxygens (including phenoxy) is 2. The van der Waals surface area contributed by atoms with Crippen LogP contribution in [0.25, 0.3) is 11.1 Å². The zero-order valence-electron chi connectivity index (χ0n) is 43.5. The minimum Gasteiger partial charge on any atom is -0.508 e. The van der Waals surface area contributed by atoms with Crippen molar-refractivity contribution in [2.45, 2.75) is 106 Å². The number of phenols is 3. The van der Waals surface area contributed by atoms with Crippen molar-refractivity contribution in [3.05, 3.63) is 118 Å². The first-order valence-electron chi connectivity index (χ1n) is 25.3. The molecule has 20 nitrogen and oxygen atoms in total. The minimum absolute atomic E-state index is 0.0137. The van der Waals surface area contributed by atoms with Crippen molar-refractivity contribution in [3.8, 4) is 51.4 Å². The maximum absolute atomic E-state index is 15.6. The Morgan fingerprint density at radius 1 is 0.772 bits per heavy atom. The SMILES string of the molecule is CNC(CC(C)C)C(=O)NC1C(=O)CC(CC(N)=O)C(=O)NC2C(=O)CC3C(=O)NC(C(=O)NC(C(C)=O)c4cc(O)cc(O)c4-c4cc3ccc4O)C(C)c3ccc(cc3)Oc3cc2cc(c3S)Oc2ccc(cc2Cl)C1O. The first-order chi connectivity index (χ1) is 37.4. The number of likely N-dealkylation sites (N-methyl/N-ethyl adjacent to an activating group) is 1. The molecule has 79 heavy (non-hydrogen) atoms. The van der Waals surface area contributed by atoms with E-state index >= 15 is 9.59 Å². The molecular weight excluding hydrogens is 1060 g/mol. The maximum Gasteiger partial charge on any atom is 0.244 e. The fraction of sp³-hybridized carbons (Fsp3) is 0.333. The van der Waals surface area contributed by atoms with Crippen molar-refractivity contribution in [1.29, 1.82) is 0 Å². The number of Topliss-reactive ketones (excluding diaryl/α,β-unsaturated/α-hetero) is 3. The Morgan fingerprint density at radius 2 is 1.44 bits per heavy atom. The Kier molecular flexibility index (Phi) is 17.0. The van der Waals surface area contributed by atoms with Gasteiger partial charge in [0.05, 0.1) is 27.8 Å². The molecule has 5 aromatic rings. The van der Waals surface area contributed by atoms with Crippen LogP contribution in [0.3, 0.4) is 0 Å². The van der Waals surface area contributed by atoms with Crippen LogP contribution in [0.2, 0.25) is 5.02 Å². The molecule has 5 aliphatic rings. The van der Waals surface area contributed by atoms with Gasteiger partial charge in [0.15, 0.2) is 17.3 Å². The van der Waals surface area contributed by atoms with Gasteiger partial charge in [-0.15, -0.1) is 12.6 Å². The predicted octanol–water partition coefficient (Wildman–Crippen LogP) is 5.88. The normalized spacial score (nSPS) is 22.8. The molecule has 414 valence electrons. The molecule has 11 N–H and O–H groups in total. The van der Waals surface area contributed by atoms with Crippen LogP contribution in [0.4, 0.5) is 0 Å². The van der Waals surface area contributed by atoms with Crippen molar-refractivity contribution >= 4 is 71.1 Å². The highest BCUT2D eigenvalue weighted by atomic mass is 35.5. The Balaban J connectivity index is 1.35. The lowest BCUT2D eigenvalue weighted by Crippen LogP contribution is -2.52. The predicted molar refractivity (Wildman–Crippen MR) is 290 cm³/mol. The summed E-state index contributed by atoms with van der Waals surface area (Å²) in [6.45, 7) is 6.58. The van der Waals surface area contributed by atoms with Crippen molar-refractivity contribution < 1.29 is 68.3 Å². The number of hydrogen-bond donors (Lipinski definition) is 11. The molecular formula is C57H59ClN6O14S. The van der Waals surface area contributed by atoms with E-state index in [0.717, 1.165) is 12.1 Å². The van der Waals surface area contributed by atoms with Gasteiger partial charge in [-0.05, 0) is 109 Å². The van der Waals surface area contributed by atoms with Crippen LogP contribution < -0.4 is 41.8 Å². The lowest BCUT2D eigenvalue weighted by Gasteiger charge is -2.31. The van der Waals surface area contributed by atoms with Gasteiger partial charge >= 0.3 is 0 Å². The van der Waals surface area contributed by atoms with Crippen molar-refractivity contribution in [1.82, 2.24) is 26.6 Å². The van der Waals surface area contributed by atoms with Crippen LogP contribution in [-0.4, -0.2) is 92.5 Å². The van der Waals surface area contributed by atoms with Gasteiger partial charge in [0.1, 0.15) is 70.5 Å². The number of benzene rings is 5. The Hall–Kier alpha value is -7.98. The van der Waals surface area contributed by atoms with Crippen molar-refractivity contribution in [2.24, 2.45) is 17.6 Å². The zero-order valence-corrected chi connectivity index (χ0v) is 45.1. The second kappa shape index (κ2) is 23.5. The highest BCUT2D eigenvalue weighted by Crippen LogP contribution is 2.47. The molecule has 9 unspecified atom stereocenters. The standard InChI is InChI=1S/C57H59ClN6O14S/c1-24(2)14-38(60-5)56(75)64-51-41(69)17-31(20-46(59)71)54(73)63-50-30-18-44(53(79)45(19-30)78-43-13-9-29(52(51)72)16-37(43)58)77-33-10-6-27(7-11-33)25(3)48-57(76)62-49(26(4)65)36-21-32(66)22-40(68)47(36)35-15-28(8-12-39(35)67)34(23-42(50)70)55(74)61-48/h6-13,15-16,18-19,21-22,24-25,31,34,38,48-52,60,66-68,72,79H,14,17,20,23H2,1-5H3,(H2,59,71)(H,61,74)(H,62,76)(H,63,73)(H,64,75). The number of hydrogen-bond acceptors (Lipinski definition) is 16. The molecule has 9 atom stereocenters. The molecule has 5 heterocycles. The van der Waals surface area contributed by atoms with Crippen LogP contribution in [0.5, 0.6) is 40.2 Å². The summed E-state index contributed by atoms with van der Waals surface area (Å²) in [5.41, 5.74) is 5.78. The molecule has 0 saturated carbocycles. The summed E-state index contributed by atoms with van der Waals surface area (Å²) in [5.74, 6) is -12.6. The van der Waals surface area contributed by atoms with E-state index in [9.17, 15) is 49.2 Å². The van der Waals surface area contributed by atoms with E-state index in [4.69, 9.17) is 39.4 Å². The van der Waals surface area contributed by atoms with Crippen molar-refractivity contribution in [3.63, 3.8) is 0 Å². The summed E-state index contributed by atoms with van der Waals surface area (Å²) < 4.78 is 12.8. The third-order valence-corrected chi connectivity index (χ3v) is 15.1. The largest absolute Gasteiger partial charge is 0.508 e. The number of fused-ring (bicyclic) bond motifs is 15. The summed E-state index contributed by atoms with van der Waals surface area (Å²) in [4.78, 5) is 115. The van der Waals surface area contributed by atoms with Crippen LogP contribution in [0, 0.1) is 11.8 Å². The summed E-state index contributed by atoms with van der Waals surface area (Å²) in [6.07, 6.45) is -3.83. The minimum atomic E-state index is -1.82. The number of nitrogens with one attached hydrogen (secondary N) is 5. The topological polar surface area (TPSA) is 322 Å². The van der Waals surface area contributed by atoms with Gasteiger partial charge in [0.25, 0.3) is 0 Å². The monoisotopic (exact) mass is 1120 g/mol. The number of phenolic OH excluding ortho intramolecular Hbond substituents is 3. The third-order valence-electron chi connectivity index (χ3n) is 14.4. The summed E-state index contributed by atoms with van der Waals surface area (Å²) >= 11 is 11.7. The average molecular weight is 1120 g/mol. The van der Waals surface area contributed by atoms with Crippen LogP contribution in [0.1, 0.15) is 111 Å². The Bertz CT molecular complexity index is 3300. The number of primary amides is 1. The summed E-state index contributed by atoms with van der Waals surface area (Å²) in [6, 6.07) is 11.7. The fourth-order valence-corrected chi connectivity index (χ4v) is 10.6. The first kappa shape index (κ1) is 57.2. The number of thiol groups is 1. The van der Waals surface area contributed by atoms with Crippen LogP contribution in [-0.2, 0) is 38.4 Å². The number of aliphatic hydroxyl groups excluding tert-OH is 1. The lowest BCUT2D eigenvalue weighted by molar-refractivity contribution is -0.137. The number of ketones is 3. The lowest BCUT2D eigenvalue weighted by atomic mass is 9.84. The van der Waals surface area contributed by atoms with Crippen molar-refractivity contribution in [2.75, 3.05) is 7.05 Å². The van der Waals surface area contributed by atoms with Crippen LogP contribution in [0.15, 0.2) is 89.8 Å². The molecule has 0 fully saturated rings. The molecule has 5 aromatic carbocycles. The second-order valence-corrected chi connectivity index (χ2v) is 21.3. The number of rotatable bonds is 8. The zero-order chi connectivity index (χ0) is 57.3. The van der Waals surface area contributed by atoms with E-state index in [0.29, 0.717) is 12.0 Å². The average Bonchev–Trinajstić information content (AvgIpc) is 3.53. The first-order valence-corrected chi connectivity index (χ1v) is 26.2. The number of aliphatic hydroxyl groups is 1. The molecule has 5 aliphatic heterocycles. The smallest absolute Gasteiger partial charge is 0.244 e. The van der Waals surface area contributed by atoms with E-state index in [-0.39, 0.29) is 72.2 Å². The van der Waals surface area contributed by atoms with E-state index in [1.54, 1.807) is 38.2 Å². The van der Waals surface area contributed by atoms with E-state index in [2.05, 4.69) is 26.6 Å². The van der Waals surface area contributed by atoms with Gasteiger partial charge in [-0.3, -0.25) is 38.4 Å². The van der Waals surface area contributed by atoms with Gasteiger partial charge in [-0.25, -0.2) is 0 Å². The summed E-state index contributed by atoms with van der Waals surface area (Å²) in [7, 11) is 1.55. The number of amides is 5. The van der Waals surface area contributed by atoms with E-state index < -0.39 is 137 Å².